The van der Waals surface area contributed by atoms with Crippen LogP contribution in [0.15, 0.2) is 18.6 Å². The third-order valence-electron chi connectivity index (χ3n) is 2.44. The average molecular weight is 178 g/mol. The summed E-state index contributed by atoms with van der Waals surface area (Å²) >= 11 is 0. The molecule has 1 N–H and O–H groups in total. The lowest BCUT2D eigenvalue weighted by atomic mass is 10.1. The van der Waals surface area contributed by atoms with E-state index in [2.05, 4.69) is 27.2 Å². The van der Waals surface area contributed by atoms with Crippen LogP contribution in [0.1, 0.15) is 5.69 Å². The number of rotatable bonds is 3. The van der Waals surface area contributed by atoms with Crippen molar-refractivity contribution in [2.45, 2.75) is 12.6 Å². The normalized spacial score (nSPS) is 17.4. The van der Waals surface area contributed by atoms with Crippen molar-refractivity contribution in [2.75, 3.05) is 20.1 Å². The minimum absolute atomic E-state index is 0.676. The van der Waals surface area contributed by atoms with Crippen molar-refractivity contribution in [3.63, 3.8) is 0 Å². The minimum Gasteiger partial charge on any atom is -0.314 e. The minimum atomic E-state index is 0.676. The molecule has 0 radical (unpaired) electrons. The molecule has 1 saturated heterocycles. The fourth-order valence-electron chi connectivity index (χ4n) is 1.38. The second-order valence-electron chi connectivity index (χ2n) is 3.43. The summed E-state index contributed by atoms with van der Waals surface area (Å²) in [6.45, 7) is 3.11. The molecule has 0 unspecified atom stereocenters. The predicted molar refractivity (Wildman–Crippen MR) is 50.2 cm³/mol. The van der Waals surface area contributed by atoms with E-state index in [-0.39, 0.29) is 0 Å². The summed E-state index contributed by atoms with van der Waals surface area (Å²) in [4.78, 5) is 10.4. The highest BCUT2D eigenvalue weighted by atomic mass is 15.2. The Morgan fingerprint density at radius 1 is 1.62 bits per heavy atom. The fraction of sp³-hybridized carbons (Fsp3) is 0.556. The van der Waals surface area contributed by atoms with Crippen molar-refractivity contribution >= 4 is 0 Å². The van der Waals surface area contributed by atoms with Crippen LogP contribution in [0.4, 0.5) is 0 Å². The van der Waals surface area contributed by atoms with E-state index in [1.54, 1.807) is 12.5 Å². The van der Waals surface area contributed by atoms with Gasteiger partial charge in [0, 0.05) is 31.9 Å². The number of nitrogens with zero attached hydrogens (tertiary/aromatic N) is 3. The zero-order valence-corrected chi connectivity index (χ0v) is 7.77. The maximum atomic E-state index is 4.19. The van der Waals surface area contributed by atoms with Gasteiger partial charge in [0.2, 0.25) is 0 Å². The Bertz CT molecular complexity index is 258. The smallest absolute Gasteiger partial charge is 0.115 e. The predicted octanol–water partition coefficient (Wildman–Crippen LogP) is -0.120. The lowest BCUT2D eigenvalue weighted by molar-refractivity contribution is 0.171. The van der Waals surface area contributed by atoms with Crippen LogP contribution in [0.5, 0.6) is 0 Å². The maximum absolute atomic E-state index is 4.19. The first kappa shape index (κ1) is 8.59. The molecule has 0 bridgehead atoms. The van der Waals surface area contributed by atoms with E-state index < -0.39 is 0 Å². The first-order chi connectivity index (χ1) is 6.36. The summed E-state index contributed by atoms with van der Waals surface area (Å²) in [5.41, 5.74) is 1.09. The van der Waals surface area contributed by atoms with E-state index >= 15 is 0 Å². The number of hydrogen-bond donors (Lipinski definition) is 1. The van der Waals surface area contributed by atoms with E-state index in [0.717, 1.165) is 25.3 Å². The monoisotopic (exact) mass is 178 g/mol. The molecule has 13 heavy (non-hydrogen) atoms. The summed E-state index contributed by atoms with van der Waals surface area (Å²) in [6.07, 6.45) is 3.39. The third-order valence-corrected chi connectivity index (χ3v) is 2.44. The molecule has 4 nitrogen and oxygen atoms in total. The van der Waals surface area contributed by atoms with Crippen molar-refractivity contribution in [1.29, 1.82) is 0 Å². The molecule has 0 aromatic carbocycles. The summed E-state index contributed by atoms with van der Waals surface area (Å²) < 4.78 is 0. The van der Waals surface area contributed by atoms with Crippen molar-refractivity contribution in [2.24, 2.45) is 0 Å². The van der Waals surface area contributed by atoms with E-state index in [4.69, 9.17) is 0 Å². The number of nitrogens with one attached hydrogen (secondary N) is 1. The highest BCUT2D eigenvalue weighted by Gasteiger charge is 2.21. The highest BCUT2D eigenvalue weighted by Crippen LogP contribution is 2.05. The molecule has 0 saturated carbocycles. The van der Waals surface area contributed by atoms with E-state index in [1.165, 1.54) is 0 Å². The first-order valence-electron chi connectivity index (χ1n) is 4.52. The molecule has 2 heterocycles. The molecular weight excluding hydrogens is 164 g/mol. The lowest BCUT2D eigenvalue weighted by Crippen LogP contribution is -2.55. The van der Waals surface area contributed by atoms with Crippen molar-refractivity contribution in [3.8, 4) is 0 Å². The molecule has 1 aromatic heterocycles. The molecular formula is C9H14N4. The Kier molecular flexibility index (Phi) is 2.52. The summed E-state index contributed by atoms with van der Waals surface area (Å²) in [7, 11) is 2.13. The van der Waals surface area contributed by atoms with Gasteiger partial charge in [0.15, 0.2) is 0 Å². The van der Waals surface area contributed by atoms with Gasteiger partial charge in [-0.3, -0.25) is 4.90 Å². The van der Waals surface area contributed by atoms with E-state index in [1.807, 2.05) is 6.07 Å². The van der Waals surface area contributed by atoms with Crippen LogP contribution in [-0.4, -0.2) is 41.0 Å². The van der Waals surface area contributed by atoms with Crippen LogP contribution < -0.4 is 5.32 Å². The lowest BCUT2D eigenvalue weighted by Gasteiger charge is -2.35. The Morgan fingerprint density at radius 3 is 3.00 bits per heavy atom. The topological polar surface area (TPSA) is 41.1 Å². The van der Waals surface area contributed by atoms with Gasteiger partial charge in [-0.15, -0.1) is 0 Å². The van der Waals surface area contributed by atoms with Gasteiger partial charge in [0.05, 0.1) is 5.69 Å². The fourth-order valence-corrected chi connectivity index (χ4v) is 1.38. The van der Waals surface area contributed by atoms with Gasteiger partial charge in [-0.1, -0.05) is 0 Å². The van der Waals surface area contributed by atoms with Crippen LogP contribution in [-0.2, 0) is 6.54 Å². The van der Waals surface area contributed by atoms with Crippen molar-refractivity contribution < 1.29 is 0 Å². The van der Waals surface area contributed by atoms with Crippen molar-refractivity contribution in [1.82, 2.24) is 20.2 Å². The summed E-state index contributed by atoms with van der Waals surface area (Å²) in [5.74, 6) is 0. The molecule has 70 valence electrons. The van der Waals surface area contributed by atoms with Gasteiger partial charge < -0.3 is 5.32 Å². The molecule has 1 aliphatic rings. The molecule has 1 aromatic rings. The largest absolute Gasteiger partial charge is 0.314 e. The van der Waals surface area contributed by atoms with Gasteiger partial charge in [-0.2, -0.15) is 0 Å². The van der Waals surface area contributed by atoms with Crippen LogP contribution >= 0.6 is 0 Å². The van der Waals surface area contributed by atoms with Crippen LogP contribution in [0.25, 0.3) is 0 Å². The Morgan fingerprint density at radius 2 is 2.46 bits per heavy atom. The molecule has 0 spiro atoms. The van der Waals surface area contributed by atoms with Crippen LogP contribution in [0.3, 0.4) is 0 Å². The Hall–Kier alpha value is -1.00. The van der Waals surface area contributed by atoms with Crippen LogP contribution in [0, 0.1) is 0 Å². The second-order valence-corrected chi connectivity index (χ2v) is 3.43. The summed E-state index contributed by atoms with van der Waals surface area (Å²) in [5, 5.41) is 3.25. The standard InChI is InChI=1S/C9H14N4/c1-13(9-4-11-5-9)6-8-2-3-10-7-12-8/h2-3,7,9,11H,4-6H2,1H3. The second kappa shape index (κ2) is 3.81. The van der Waals surface area contributed by atoms with E-state index in [9.17, 15) is 0 Å². The number of likely N-dealkylation sites (N-methyl/N-ethyl adjacent to an activating group) is 1. The summed E-state index contributed by atoms with van der Waals surface area (Å²) in [6, 6.07) is 2.64. The first-order valence-corrected chi connectivity index (χ1v) is 4.52. The number of hydrogen-bond acceptors (Lipinski definition) is 4. The molecule has 0 atom stereocenters. The van der Waals surface area contributed by atoms with Gasteiger partial charge in [0.1, 0.15) is 6.33 Å². The highest BCUT2D eigenvalue weighted by molar-refractivity contribution is 4.98. The van der Waals surface area contributed by atoms with E-state index in [0.29, 0.717) is 6.04 Å². The quantitative estimate of drug-likeness (QED) is 0.700. The molecule has 1 aliphatic heterocycles. The maximum Gasteiger partial charge on any atom is 0.115 e. The van der Waals surface area contributed by atoms with Gasteiger partial charge in [0.25, 0.3) is 0 Å². The molecule has 0 amide bonds. The Balaban J connectivity index is 1.90. The van der Waals surface area contributed by atoms with Gasteiger partial charge >= 0.3 is 0 Å². The zero-order valence-electron chi connectivity index (χ0n) is 7.77. The van der Waals surface area contributed by atoms with Crippen LogP contribution in [0.2, 0.25) is 0 Å². The average Bonchev–Trinajstić information content (AvgIpc) is 2.02. The van der Waals surface area contributed by atoms with Crippen molar-refractivity contribution in [3.05, 3.63) is 24.3 Å². The SMILES string of the molecule is CN(Cc1ccncn1)C1CNC1. The number of aromatic nitrogens is 2. The zero-order chi connectivity index (χ0) is 9.10. The molecule has 0 aliphatic carbocycles. The molecule has 4 heteroatoms. The van der Waals surface area contributed by atoms with Gasteiger partial charge in [-0.05, 0) is 13.1 Å². The van der Waals surface area contributed by atoms with Gasteiger partial charge in [-0.25, -0.2) is 9.97 Å². The molecule has 1 fully saturated rings. The molecule has 2 rings (SSSR count). The Labute approximate surface area is 78.0 Å². The third kappa shape index (κ3) is 2.02.